The van der Waals surface area contributed by atoms with E-state index in [9.17, 15) is 4.79 Å². The van der Waals surface area contributed by atoms with Crippen molar-refractivity contribution in [1.82, 2.24) is 15.5 Å². The molecule has 1 aliphatic heterocycles. The summed E-state index contributed by atoms with van der Waals surface area (Å²) in [5, 5.41) is 6.24. The molecule has 172 valence electrons. The molecule has 1 rings (SSSR count). The highest BCUT2D eigenvalue weighted by Gasteiger charge is 2.21. The zero-order valence-electron chi connectivity index (χ0n) is 18.8. The molecule has 1 fully saturated rings. The van der Waals surface area contributed by atoms with Crippen molar-refractivity contribution in [2.24, 2.45) is 4.99 Å². The first-order chi connectivity index (χ1) is 13.4. The molecule has 1 aliphatic rings. The second kappa shape index (κ2) is 16.3. The molecule has 29 heavy (non-hydrogen) atoms. The number of likely N-dealkylation sites (tertiary alicyclic amines) is 1. The highest BCUT2D eigenvalue weighted by atomic mass is 127. The minimum atomic E-state index is -0.460. The molecule has 1 amide bonds. The van der Waals surface area contributed by atoms with Crippen molar-refractivity contribution in [1.29, 1.82) is 0 Å². The summed E-state index contributed by atoms with van der Waals surface area (Å²) in [6.45, 7) is 9.71. The van der Waals surface area contributed by atoms with Crippen LogP contribution in [0, 0.1) is 0 Å². The Labute approximate surface area is 198 Å². The lowest BCUT2D eigenvalue weighted by Gasteiger charge is -2.34. The minimum absolute atomic E-state index is 0. The molecule has 0 saturated carbocycles. The number of alkyl carbamates (subject to hydrolysis) is 1. The number of nitrogens with one attached hydrogen (secondary N) is 2. The summed E-state index contributed by atoms with van der Waals surface area (Å²) in [5.41, 5.74) is -0.460. The van der Waals surface area contributed by atoms with Gasteiger partial charge in [-0.1, -0.05) is 0 Å². The van der Waals surface area contributed by atoms with E-state index in [4.69, 9.17) is 9.47 Å². The number of rotatable bonds is 10. The maximum absolute atomic E-state index is 11.6. The second-order valence-electron chi connectivity index (χ2n) is 8.01. The van der Waals surface area contributed by atoms with E-state index in [1.54, 1.807) is 0 Å². The lowest BCUT2D eigenvalue weighted by molar-refractivity contribution is 0.0170. The van der Waals surface area contributed by atoms with Crippen LogP contribution in [0.15, 0.2) is 4.99 Å². The van der Waals surface area contributed by atoms with Crippen LogP contribution in [0.3, 0.4) is 0 Å². The molecule has 0 aliphatic carbocycles. The highest BCUT2D eigenvalue weighted by Crippen LogP contribution is 2.14. The Morgan fingerprint density at radius 2 is 1.79 bits per heavy atom. The van der Waals surface area contributed by atoms with Crippen LogP contribution in [0.4, 0.5) is 4.79 Å². The Morgan fingerprint density at radius 1 is 1.14 bits per heavy atom. The monoisotopic (exact) mass is 544 g/mol. The predicted molar refractivity (Wildman–Crippen MR) is 134 cm³/mol. The van der Waals surface area contributed by atoms with E-state index in [0.29, 0.717) is 13.2 Å². The van der Waals surface area contributed by atoms with Gasteiger partial charge >= 0.3 is 6.09 Å². The number of hydrogen-bond acceptors (Lipinski definition) is 5. The van der Waals surface area contributed by atoms with Gasteiger partial charge in [-0.15, -0.1) is 24.0 Å². The fourth-order valence-corrected chi connectivity index (χ4v) is 3.46. The van der Waals surface area contributed by atoms with Crippen molar-refractivity contribution in [2.75, 3.05) is 51.8 Å². The molecule has 2 N–H and O–H groups in total. The van der Waals surface area contributed by atoms with Gasteiger partial charge in [0.05, 0.1) is 6.10 Å². The average Bonchev–Trinajstić information content (AvgIpc) is 2.64. The molecule has 0 bridgehead atoms. The van der Waals surface area contributed by atoms with Crippen LogP contribution in [0.1, 0.15) is 52.9 Å². The number of halogens is 1. The second-order valence-corrected chi connectivity index (χ2v) is 9.00. The third kappa shape index (κ3) is 14.3. The fourth-order valence-electron chi connectivity index (χ4n) is 2.96. The standard InChI is InChI=1S/C20H40N4O3S.HI/c1-20(2,3)27-19(25)23-12-8-15-26-17-9-13-24(14-10-17)18(21-4)22-11-6-7-16-28-5;/h17H,6-16H2,1-5H3,(H,21,22)(H,23,25);1H. The van der Waals surface area contributed by atoms with Gasteiger partial charge in [-0.05, 0) is 64.9 Å². The number of carbonyl (C=O) groups excluding carboxylic acids is 1. The number of thioether (sulfide) groups is 1. The summed E-state index contributed by atoms with van der Waals surface area (Å²) >= 11 is 1.90. The molecule has 0 atom stereocenters. The van der Waals surface area contributed by atoms with E-state index >= 15 is 0 Å². The molecule has 0 spiro atoms. The number of piperidine rings is 1. The smallest absolute Gasteiger partial charge is 0.407 e. The maximum atomic E-state index is 11.6. The van der Waals surface area contributed by atoms with Gasteiger partial charge in [0, 0.05) is 39.8 Å². The molecule has 0 aromatic carbocycles. The van der Waals surface area contributed by atoms with Crippen molar-refractivity contribution in [2.45, 2.75) is 64.6 Å². The highest BCUT2D eigenvalue weighted by molar-refractivity contribution is 14.0. The van der Waals surface area contributed by atoms with Gasteiger partial charge in [-0.25, -0.2) is 4.79 Å². The van der Waals surface area contributed by atoms with E-state index in [-0.39, 0.29) is 36.2 Å². The van der Waals surface area contributed by atoms with E-state index in [0.717, 1.165) is 44.9 Å². The molecular weight excluding hydrogens is 503 g/mol. The Hall–Kier alpha value is -0.420. The Morgan fingerprint density at radius 3 is 2.38 bits per heavy atom. The molecule has 0 radical (unpaired) electrons. The summed E-state index contributed by atoms with van der Waals surface area (Å²) < 4.78 is 11.2. The molecule has 9 heteroatoms. The maximum Gasteiger partial charge on any atom is 0.407 e. The number of unbranched alkanes of at least 4 members (excludes halogenated alkanes) is 1. The minimum Gasteiger partial charge on any atom is -0.444 e. The Balaban J connectivity index is 0.00000784. The van der Waals surface area contributed by atoms with Crippen LogP contribution < -0.4 is 10.6 Å². The third-order valence-electron chi connectivity index (χ3n) is 4.35. The first kappa shape index (κ1) is 28.6. The van der Waals surface area contributed by atoms with Crippen LogP contribution in [0.2, 0.25) is 0 Å². The van der Waals surface area contributed by atoms with E-state index < -0.39 is 5.60 Å². The molecular formula is C20H41IN4O3S. The van der Waals surface area contributed by atoms with E-state index in [2.05, 4.69) is 26.8 Å². The van der Waals surface area contributed by atoms with Crippen molar-refractivity contribution in [3.05, 3.63) is 0 Å². The lowest BCUT2D eigenvalue weighted by atomic mass is 10.1. The molecule has 0 aromatic rings. The average molecular weight is 545 g/mol. The molecule has 1 heterocycles. The van der Waals surface area contributed by atoms with Gasteiger partial charge in [-0.2, -0.15) is 11.8 Å². The quantitative estimate of drug-likeness (QED) is 0.189. The van der Waals surface area contributed by atoms with E-state index in [1.807, 2.05) is 39.6 Å². The molecule has 7 nitrogen and oxygen atoms in total. The SMILES string of the molecule is CN=C(NCCCCSC)N1CCC(OCCCNC(=O)OC(C)(C)C)CC1.I. The number of hydrogen-bond donors (Lipinski definition) is 2. The summed E-state index contributed by atoms with van der Waals surface area (Å²) in [7, 11) is 1.85. The lowest BCUT2D eigenvalue weighted by Crippen LogP contribution is -2.47. The van der Waals surface area contributed by atoms with Crippen LogP contribution >= 0.6 is 35.7 Å². The number of amides is 1. The number of nitrogens with zero attached hydrogens (tertiary/aromatic N) is 2. The molecule has 0 aromatic heterocycles. The van der Waals surface area contributed by atoms with Crippen LogP contribution in [-0.4, -0.2) is 80.5 Å². The Kier molecular flexibility index (Phi) is 16.1. The largest absolute Gasteiger partial charge is 0.444 e. The number of carbonyl (C=O) groups is 1. The summed E-state index contributed by atoms with van der Waals surface area (Å²) in [6, 6.07) is 0. The summed E-state index contributed by atoms with van der Waals surface area (Å²) in [6.07, 6.45) is 7.29. The van der Waals surface area contributed by atoms with Crippen LogP contribution in [-0.2, 0) is 9.47 Å². The summed E-state index contributed by atoms with van der Waals surface area (Å²) in [5.74, 6) is 2.22. The van der Waals surface area contributed by atoms with E-state index in [1.165, 1.54) is 18.6 Å². The van der Waals surface area contributed by atoms with Crippen molar-refractivity contribution >= 4 is 47.8 Å². The van der Waals surface area contributed by atoms with Gasteiger partial charge in [0.15, 0.2) is 5.96 Å². The number of ether oxygens (including phenoxy) is 2. The van der Waals surface area contributed by atoms with Gasteiger partial charge in [0.2, 0.25) is 0 Å². The van der Waals surface area contributed by atoms with Crippen molar-refractivity contribution < 1.29 is 14.3 Å². The first-order valence-electron chi connectivity index (χ1n) is 10.4. The zero-order chi connectivity index (χ0) is 20.8. The predicted octanol–water partition coefficient (Wildman–Crippen LogP) is 3.72. The van der Waals surface area contributed by atoms with Gasteiger partial charge in [-0.3, -0.25) is 4.99 Å². The zero-order valence-corrected chi connectivity index (χ0v) is 21.9. The van der Waals surface area contributed by atoms with Gasteiger partial charge in [0.1, 0.15) is 5.60 Å². The normalized spacial score (nSPS) is 15.6. The number of aliphatic imine (C=N–C) groups is 1. The third-order valence-corrected chi connectivity index (χ3v) is 5.05. The van der Waals surface area contributed by atoms with Gasteiger partial charge < -0.3 is 25.0 Å². The fraction of sp³-hybridized carbons (Fsp3) is 0.900. The topological polar surface area (TPSA) is 75.2 Å². The Bertz CT molecular complexity index is 467. The van der Waals surface area contributed by atoms with Gasteiger partial charge in [0.25, 0.3) is 0 Å². The summed E-state index contributed by atoms with van der Waals surface area (Å²) in [4.78, 5) is 18.3. The van der Waals surface area contributed by atoms with Crippen molar-refractivity contribution in [3.8, 4) is 0 Å². The molecule has 1 saturated heterocycles. The van der Waals surface area contributed by atoms with Crippen LogP contribution in [0.25, 0.3) is 0 Å². The first-order valence-corrected chi connectivity index (χ1v) is 11.8. The number of guanidine groups is 1. The van der Waals surface area contributed by atoms with Crippen LogP contribution in [0.5, 0.6) is 0 Å². The van der Waals surface area contributed by atoms with Crippen molar-refractivity contribution in [3.63, 3.8) is 0 Å². The molecule has 0 unspecified atom stereocenters.